The molecule has 0 radical (unpaired) electrons. The van der Waals surface area contributed by atoms with E-state index < -0.39 is 7.44 Å². The molecule has 0 aromatic carbocycles. The van der Waals surface area contributed by atoms with Gasteiger partial charge in [-0.3, -0.25) is 4.57 Å². The molecule has 0 amide bonds. The van der Waals surface area contributed by atoms with Gasteiger partial charge in [-0.25, -0.2) is 9.34 Å². The molecule has 0 saturated carbocycles. The molecule has 3 nitrogen and oxygen atoms in total. The summed E-state index contributed by atoms with van der Waals surface area (Å²) in [4.78, 5) is 0. The van der Waals surface area contributed by atoms with Gasteiger partial charge in [0.05, 0.1) is 5.66 Å². The molecule has 0 spiro atoms. The van der Waals surface area contributed by atoms with Crippen molar-refractivity contribution < 1.29 is 4.57 Å². The Morgan fingerprint density at radius 1 is 0.905 bits per heavy atom. The summed E-state index contributed by atoms with van der Waals surface area (Å²) in [5, 5.41) is 0. The molecule has 1 rings (SSSR count). The zero-order valence-electron chi connectivity index (χ0n) is 14.9. The van der Waals surface area contributed by atoms with E-state index in [-0.39, 0.29) is 5.66 Å². The summed E-state index contributed by atoms with van der Waals surface area (Å²) in [6.45, 7) is 18.3. The molecule has 0 unspecified atom stereocenters. The molecule has 1 aliphatic rings. The molecule has 0 bridgehead atoms. The summed E-state index contributed by atoms with van der Waals surface area (Å²) in [6, 6.07) is 0. The summed E-state index contributed by atoms with van der Waals surface area (Å²) < 4.78 is 18.6. The molecule has 0 atom stereocenters. The molecule has 122 valence electrons. The van der Waals surface area contributed by atoms with Crippen molar-refractivity contribution >= 4 is 7.44 Å². The Morgan fingerprint density at radius 2 is 1.24 bits per heavy atom. The van der Waals surface area contributed by atoms with Gasteiger partial charge in [0, 0.05) is 26.2 Å². The van der Waals surface area contributed by atoms with Gasteiger partial charge in [-0.1, -0.05) is 57.9 Å². The van der Waals surface area contributed by atoms with E-state index in [1.54, 1.807) is 0 Å². The van der Waals surface area contributed by atoms with Crippen LogP contribution in [0.1, 0.15) is 48.5 Å². The van der Waals surface area contributed by atoms with Gasteiger partial charge in [-0.2, -0.15) is 0 Å². The molecule has 4 heteroatoms. The summed E-state index contributed by atoms with van der Waals surface area (Å²) in [7, 11) is -2.62. The van der Waals surface area contributed by atoms with Gasteiger partial charge in [-0.15, -0.1) is 0 Å². The lowest BCUT2D eigenvalue weighted by molar-refractivity contribution is 0.355. The first-order chi connectivity index (χ1) is 9.86. The number of allylic oxidation sites excluding steroid dienone is 4. The fraction of sp³-hybridized carbons (Fsp3) is 0.765. The second kappa shape index (κ2) is 7.76. The van der Waals surface area contributed by atoms with Gasteiger partial charge in [0.15, 0.2) is 0 Å². The van der Waals surface area contributed by atoms with Crippen LogP contribution in [0.25, 0.3) is 0 Å². The van der Waals surface area contributed by atoms with Gasteiger partial charge in [-0.05, 0) is 19.8 Å². The highest BCUT2D eigenvalue weighted by Gasteiger charge is 2.44. The average Bonchev–Trinajstić information content (AvgIpc) is 2.39. The fourth-order valence-electron chi connectivity index (χ4n) is 3.71. The Bertz CT molecular complexity index is 412. The lowest BCUT2D eigenvalue weighted by Gasteiger charge is -2.44. The predicted molar refractivity (Wildman–Crippen MR) is 93.9 cm³/mol. The molecule has 0 heterocycles. The summed E-state index contributed by atoms with van der Waals surface area (Å²) >= 11 is 0. The molecule has 0 N–H and O–H groups in total. The van der Waals surface area contributed by atoms with E-state index in [4.69, 9.17) is 0 Å². The minimum absolute atomic E-state index is 0.0495. The topological polar surface area (TPSA) is 23.6 Å². The maximum atomic E-state index is 14.2. The van der Waals surface area contributed by atoms with Crippen LogP contribution in [-0.2, 0) is 4.57 Å². The highest BCUT2D eigenvalue weighted by Crippen LogP contribution is 2.62. The van der Waals surface area contributed by atoms with Crippen LogP contribution in [0.15, 0.2) is 23.3 Å². The quantitative estimate of drug-likeness (QED) is 0.499. The van der Waals surface area contributed by atoms with Gasteiger partial charge >= 0.3 is 0 Å². The molecule has 0 saturated heterocycles. The Morgan fingerprint density at radius 3 is 1.52 bits per heavy atom. The summed E-state index contributed by atoms with van der Waals surface area (Å²) in [5.74, 6) is 0.447. The van der Waals surface area contributed by atoms with E-state index in [0.29, 0.717) is 5.92 Å². The second-order valence-electron chi connectivity index (χ2n) is 5.95. The molecule has 21 heavy (non-hydrogen) atoms. The maximum Gasteiger partial charge on any atom is 0.227 e. The van der Waals surface area contributed by atoms with Crippen molar-refractivity contribution in [1.29, 1.82) is 0 Å². The Balaban J connectivity index is 3.40. The van der Waals surface area contributed by atoms with Crippen LogP contribution in [0.3, 0.4) is 0 Å². The standard InChI is InChI=1S/C17H33N2OP/c1-8-18(9-2)21(20,19(10-3)11-4)17-15(6)12-14(5)13-16(17)7/h12-14,17H,8-11H2,1-7H3. The minimum Gasteiger partial charge on any atom is -0.288 e. The van der Waals surface area contributed by atoms with Crippen molar-refractivity contribution in [2.45, 2.75) is 54.1 Å². The predicted octanol–water partition coefficient (Wildman–Crippen LogP) is 4.77. The Labute approximate surface area is 131 Å². The van der Waals surface area contributed by atoms with Gasteiger partial charge in [0.2, 0.25) is 7.44 Å². The molecule has 0 fully saturated rings. The van der Waals surface area contributed by atoms with Gasteiger partial charge in [0.25, 0.3) is 0 Å². The fourth-order valence-corrected chi connectivity index (χ4v) is 7.58. The molecular weight excluding hydrogens is 279 g/mol. The number of hydrogen-bond acceptors (Lipinski definition) is 1. The van der Waals surface area contributed by atoms with Crippen LogP contribution in [0.2, 0.25) is 0 Å². The van der Waals surface area contributed by atoms with Crippen molar-refractivity contribution in [3.05, 3.63) is 23.3 Å². The summed E-state index contributed by atoms with van der Waals surface area (Å²) in [5.41, 5.74) is 2.59. The molecule has 0 aromatic heterocycles. The first-order valence-electron chi connectivity index (χ1n) is 8.33. The van der Waals surface area contributed by atoms with Crippen LogP contribution in [0.4, 0.5) is 0 Å². The van der Waals surface area contributed by atoms with Crippen molar-refractivity contribution in [2.24, 2.45) is 5.92 Å². The van der Waals surface area contributed by atoms with Gasteiger partial charge in [0.1, 0.15) is 0 Å². The SMILES string of the molecule is CCN(CC)P(=O)(C1C(C)=CC(C)C=C1C)N(CC)CC. The molecule has 1 aliphatic carbocycles. The van der Waals surface area contributed by atoms with Crippen LogP contribution in [0.5, 0.6) is 0 Å². The largest absolute Gasteiger partial charge is 0.288 e. The highest BCUT2D eigenvalue weighted by atomic mass is 31.2. The number of hydrogen-bond donors (Lipinski definition) is 0. The van der Waals surface area contributed by atoms with Crippen LogP contribution < -0.4 is 0 Å². The minimum atomic E-state index is -2.62. The van der Waals surface area contributed by atoms with E-state index in [2.05, 4.69) is 70.0 Å². The molecule has 0 aliphatic heterocycles. The third-order valence-corrected chi connectivity index (χ3v) is 8.76. The Kier molecular flexibility index (Phi) is 6.90. The monoisotopic (exact) mass is 312 g/mol. The van der Waals surface area contributed by atoms with E-state index in [0.717, 1.165) is 26.2 Å². The third kappa shape index (κ3) is 3.52. The van der Waals surface area contributed by atoms with E-state index >= 15 is 0 Å². The van der Waals surface area contributed by atoms with E-state index in [1.165, 1.54) is 11.1 Å². The average molecular weight is 312 g/mol. The van der Waals surface area contributed by atoms with Crippen molar-refractivity contribution in [2.75, 3.05) is 26.2 Å². The lowest BCUT2D eigenvalue weighted by Crippen LogP contribution is -2.39. The van der Waals surface area contributed by atoms with Crippen molar-refractivity contribution in [1.82, 2.24) is 9.34 Å². The normalized spacial score (nSPS) is 23.5. The number of nitrogens with zero attached hydrogens (tertiary/aromatic N) is 2. The highest BCUT2D eigenvalue weighted by molar-refractivity contribution is 7.60. The third-order valence-electron chi connectivity index (χ3n) is 4.52. The first-order valence-corrected chi connectivity index (χ1v) is 10.0. The second-order valence-corrected chi connectivity index (χ2v) is 8.78. The van der Waals surface area contributed by atoms with E-state index in [1.807, 2.05) is 0 Å². The first kappa shape index (κ1) is 18.7. The smallest absolute Gasteiger partial charge is 0.227 e. The Hall–Kier alpha value is -0.370. The van der Waals surface area contributed by atoms with Crippen LogP contribution >= 0.6 is 7.44 Å². The summed E-state index contributed by atoms with van der Waals surface area (Å²) in [6.07, 6.45) is 4.55. The maximum absolute atomic E-state index is 14.2. The molecule has 0 aromatic rings. The van der Waals surface area contributed by atoms with Crippen molar-refractivity contribution in [3.63, 3.8) is 0 Å². The zero-order valence-corrected chi connectivity index (χ0v) is 15.8. The molecular formula is C17H33N2OP. The van der Waals surface area contributed by atoms with E-state index in [9.17, 15) is 4.57 Å². The van der Waals surface area contributed by atoms with Crippen LogP contribution in [-0.4, -0.2) is 41.2 Å². The van der Waals surface area contributed by atoms with Crippen molar-refractivity contribution in [3.8, 4) is 0 Å². The zero-order chi connectivity index (χ0) is 16.2. The lowest BCUT2D eigenvalue weighted by atomic mass is 9.94. The van der Waals surface area contributed by atoms with Gasteiger partial charge < -0.3 is 0 Å². The number of rotatable bonds is 7. The van der Waals surface area contributed by atoms with Crippen LogP contribution in [0, 0.1) is 5.92 Å².